The number of amides is 1. The van der Waals surface area contributed by atoms with Gasteiger partial charge in [0, 0.05) is 12.1 Å². The molecule has 1 N–H and O–H groups in total. The number of hydrogen-bond acceptors (Lipinski definition) is 3. The lowest BCUT2D eigenvalue weighted by atomic mass is 9.95. The molecule has 31 heavy (non-hydrogen) atoms. The molecule has 3 aromatic rings. The van der Waals surface area contributed by atoms with Crippen LogP contribution in [0.4, 0.5) is 4.39 Å². The highest BCUT2D eigenvalue weighted by molar-refractivity contribution is 7.88. The number of hydrogen-bond donors (Lipinski definition) is 1. The molecule has 3 aromatic carbocycles. The Bertz CT molecular complexity index is 1150. The van der Waals surface area contributed by atoms with Crippen molar-refractivity contribution in [1.29, 1.82) is 0 Å². The first-order chi connectivity index (χ1) is 14.8. The first-order valence-corrected chi connectivity index (χ1v) is 11.7. The summed E-state index contributed by atoms with van der Waals surface area (Å²) in [6, 6.07) is 22.7. The summed E-state index contributed by atoms with van der Waals surface area (Å²) in [6.07, 6.45) is 1.01. The van der Waals surface area contributed by atoms with E-state index in [2.05, 4.69) is 5.32 Å². The fourth-order valence-corrected chi connectivity index (χ4v) is 4.10. The molecule has 0 radical (unpaired) electrons. The third-order valence-corrected chi connectivity index (χ3v) is 6.23. The Hall–Kier alpha value is -3.03. The predicted molar refractivity (Wildman–Crippen MR) is 119 cm³/mol. The molecule has 0 aliphatic rings. The summed E-state index contributed by atoms with van der Waals surface area (Å²) < 4.78 is 39.6. The van der Waals surface area contributed by atoms with Crippen LogP contribution in [0.2, 0.25) is 0 Å². The second-order valence-electron chi connectivity index (χ2n) is 7.39. The van der Waals surface area contributed by atoms with E-state index in [9.17, 15) is 17.6 Å². The number of carbonyl (C=O) groups excluding carboxylic acids is 1. The molecule has 0 bridgehead atoms. The summed E-state index contributed by atoms with van der Waals surface area (Å²) in [4.78, 5) is 12.9. The van der Waals surface area contributed by atoms with E-state index in [0.717, 1.165) is 27.3 Å². The van der Waals surface area contributed by atoms with Crippen molar-refractivity contribution in [2.75, 3.05) is 12.8 Å². The highest BCUT2D eigenvalue weighted by Gasteiger charge is 2.24. The van der Waals surface area contributed by atoms with E-state index in [0.29, 0.717) is 0 Å². The molecule has 5 nitrogen and oxygen atoms in total. The van der Waals surface area contributed by atoms with E-state index >= 15 is 0 Å². The van der Waals surface area contributed by atoms with Crippen molar-refractivity contribution in [3.05, 3.63) is 107 Å². The molecule has 0 spiro atoms. The highest BCUT2D eigenvalue weighted by Crippen LogP contribution is 2.25. The number of aryl methyl sites for hydroxylation is 1. The topological polar surface area (TPSA) is 66.5 Å². The lowest BCUT2D eigenvalue weighted by Crippen LogP contribution is -2.41. The van der Waals surface area contributed by atoms with Crippen molar-refractivity contribution in [2.45, 2.75) is 19.5 Å². The lowest BCUT2D eigenvalue weighted by Gasteiger charge is -2.24. The molecule has 162 valence electrons. The molecule has 0 unspecified atom stereocenters. The molecule has 1 atom stereocenters. The number of carbonyl (C=O) groups is 1. The molecule has 1 amide bonds. The van der Waals surface area contributed by atoms with Crippen LogP contribution in [0.25, 0.3) is 0 Å². The fourth-order valence-electron chi connectivity index (χ4n) is 3.37. The SMILES string of the molecule is Cc1ccccc1[C@H](NC(=O)CN(Cc1ccccc1F)S(C)(=O)=O)c1ccccc1. The number of nitrogens with one attached hydrogen (secondary N) is 1. The standard InChI is InChI=1S/C24H25FN2O3S/c1-18-10-6-8-14-21(18)24(19-11-4-3-5-12-19)26-23(28)17-27(31(2,29)30)16-20-13-7-9-15-22(20)25/h3-15,24H,16-17H2,1-2H3,(H,26,28)/t24-/m1/s1. The maximum Gasteiger partial charge on any atom is 0.236 e. The fraction of sp³-hybridized carbons (Fsp3) is 0.208. The first-order valence-electron chi connectivity index (χ1n) is 9.84. The van der Waals surface area contributed by atoms with Gasteiger partial charge in [0.1, 0.15) is 5.82 Å². The first kappa shape index (κ1) is 22.7. The zero-order chi connectivity index (χ0) is 22.4. The van der Waals surface area contributed by atoms with Gasteiger partial charge < -0.3 is 5.32 Å². The van der Waals surface area contributed by atoms with E-state index in [4.69, 9.17) is 0 Å². The predicted octanol–water partition coefficient (Wildman–Crippen LogP) is 3.80. The Balaban J connectivity index is 1.85. The summed E-state index contributed by atoms with van der Waals surface area (Å²) in [5.74, 6) is -0.988. The van der Waals surface area contributed by atoms with Crippen molar-refractivity contribution in [3.8, 4) is 0 Å². The van der Waals surface area contributed by atoms with Crippen molar-refractivity contribution in [3.63, 3.8) is 0 Å². The number of halogens is 1. The van der Waals surface area contributed by atoms with Crippen molar-refractivity contribution in [1.82, 2.24) is 9.62 Å². The van der Waals surface area contributed by atoms with Crippen LogP contribution in [-0.4, -0.2) is 31.4 Å². The number of sulfonamides is 1. The zero-order valence-corrected chi connectivity index (χ0v) is 18.3. The molecule has 0 saturated carbocycles. The van der Waals surface area contributed by atoms with Gasteiger partial charge in [0.2, 0.25) is 15.9 Å². The Morgan fingerprint density at radius 1 is 0.968 bits per heavy atom. The summed E-state index contributed by atoms with van der Waals surface area (Å²) in [5.41, 5.74) is 3.01. The maximum absolute atomic E-state index is 14.1. The normalized spacial score (nSPS) is 12.5. The summed E-state index contributed by atoms with van der Waals surface area (Å²) in [6.45, 7) is 1.32. The summed E-state index contributed by atoms with van der Waals surface area (Å²) in [7, 11) is -3.74. The maximum atomic E-state index is 14.1. The van der Waals surface area contributed by atoms with Gasteiger partial charge in [0.15, 0.2) is 0 Å². The van der Waals surface area contributed by atoms with Crippen LogP contribution in [0.5, 0.6) is 0 Å². The quantitative estimate of drug-likeness (QED) is 0.579. The van der Waals surface area contributed by atoms with Gasteiger partial charge in [0.05, 0.1) is 18.8 Å². The molecule has 0 aromatic heterocycles. The van der Waals surface area contributed by atoms with Crippen LogP contribution in [-0.2, 0) is 21.4 Å². The van der Waals surface area contributed by atoms with Crippen LogP contribution >= 0.6 is 0 Å². The second-order valence-corrected chi connectivity index (χ2v) is 9.37. The van der Waals surface area contributed by atoms with Gasteiger partial charge in [-0.05, 0) is 29.7 Å². The molecule has 0 heterocycles. The Morgan fingerprint density at radius 2 is 1.58 bits per heavy atom. The number of nitrogens with zero attached hydrogens (tertiary/aromatic N) is 1. The van der Waals surface area contributed by atoms with Gasteiger partial charge in [-0.3, -0.25) is 4.79 Å². The smallest absolute Gasteiger partial charge is 0.236 e. The van der Waals surface area contributed by atoms with Gasteiger partial charge in [-0.2, -0.15) is 4.31 Å². The molecule has 7 heteroatoms. The largest absolute Gasteiger partial charge is 0.344 e. The number of rotatable bonds is 8. The third-order valence-electron chi connectivity index (χ3n) is 5.03. The third kappa shape index (κ3) is 5.99. The highest BCUT2D eigenvalue weighted by atomic mass is 32.2. The van der Waals surface area contributed by atoms with E-state index in [1.807, 2.05) is 61.5 Å². The van der Waals surface area contributed by atoms with Crippen molar-refractivity contribution in [2.24, 2.45) is 0 Å². The van der Waals surface area contributed by atoms with Gasteiger partial charge in [-0.25, -0.2) is 12.8 Å². The Morgan fingerprint density at radius 3 is 2.23 bits per heavy atom. The van der Waals surface area contributed by atoms with E-state index in [1.54, 1.807) is 6.07 Å². The zero-order valence-electron chi connectivity index (χ0n) is 17.5. The number of benzene rings is 3. The second kappa shape index (κ2) is 9.85. The lowest BCUT2D eigenvalue weighted by molar-refractivity contribution is -0.121. The molecule has 3 rings (SSSR count). The summed E-state index contributed by atoms with van der Waals surface area (Å²) in [5, 5.41) is 2.95. The van der Waals surface area contributed by atoms with E-state index in [1.165, 1.54) is 18.2 Å². The van der Waals surface area contributed by atoms with Gasteiger partial charge >= 0.3 is 0 Å². The summed E-state index contributed by atoms with van der Waals surface area (Å²) >= 11 is 0. The van der Waals surface area contributed by atoms with Crippen molar-refractivity contribution < 1.29 is 17.6 Å². The van der Waals surface area contributed by atoms with Crippen LogP contribution in [0, 0.1) is 12.7 Å². The molecule has 0 aliphatic heterocycles. The Kier molecular flexibility index (Phi) is 7.20. The minimum absolute atomic E-state index is 0.208. The van der Waals surface area contributed by atoms with Gasteiger partial charge in [0.25, 0.3) is 0 Å². The van der Waals surface area contributed by atoms with Crippen LogP contribution in [0.1, 0.15) is 28.3 Å². The van der Waals surface area contributed by atoms with Crippen LogP contribution in [0.3, 0.4) is 0 Å². The minimum atomic E-state index is -3.74. The van der Waals surface area contributed by atoms with E-state index < -0.39 is 34.3 Å². The molecular formula is C24H25FN2O3S. The molecule has 0 aliphatic carbocycles. The molecular weight excluding hydrogens is 415 g/mol. The minimum Gasteiger partial charge on any atom is -0.344 e. The molecule has 0 fully saturated rings. The molecule has 0 saturated heterocycles. The van der Waals surface area contributed by atoms with Crippen LogP contribution < -0.4 is 5.32 Å². The van der Waals surface area contributed by atoms with Crippen LogP contribution in [0.15, 0.2) is 78.9 Å². The Labute approximate surface area is 182 Å². The van der Waals surface area contributed by atoms with E-state index in [-0.39, 0.29) is 12.1 Å². The average Bonchev–Trinajstić information content (AvgIpc) is 2.73. The van der Waals surface area contributed by atoms with Gasteiger partial charge in [-0.1, -0.05) is 72.8 Å². The monoisotopic (exact) mass is 440 g/mol. The van der Waals surface area contributed by atoms with Gasteiger partial charge in [-0.15, -0.1) is 0 Å². The average molecular weight is 441 g/mol. The van der Waals surface area contributed by atoms with Crippen molar-refractivity contribution >= 4 is 15.9 Å².